The van der Waals surface area contributed by atoms with Crippen LogP contribution in [0.25, 0.3) is 0 Å². The molecule has 1 N–H and O–H groups in total. The van der Waals surface area contributed by atoms with Crippen LogP contribution in [0.5, 0.6) is 0 Å². The van der Waals surface area contributed by atoms with Gasteiger partial charge in [0.05, 0.1) is 13.7 Å². The molecule has 0 bridgehead atoms. The third kappa shape index (κ3) is 3.44. The Morgan fingerprint density at radius 1 is 1.47 bits per heavy atom. The van der Waals surface area contributed by atoms with Gasteiger partial charge in [-0.25, -0.2) is 9.78 Å². The topological polar surface area (TPSA) is 71.5 Å². The van der Waals surface area contributed by atoms with E-state index in [0.29, 0.717) is 11.4 Å². The summed E-state index contributed by atoms with van der Waals surface area (Å²) in [5.74, 6) is -0.251. The molecule has 0 spiro atoms. The van der Waals surface area contributed by atoms with E-state index in [9.17, 15) is 9.59 Å². The van der Waals surface area contributed by atoms with E-state index in [1.807, 2.05) is 0 Å². The number of likely N-dealkylation sites (N-methyl/N-ethyl adjacent to an activating group) is 1. The van der Waals surface area contributed by atoms with Crippen molar-refractivity contribution in [1.82, 2.24) is 9.88 Å². The normalized spacial score (nSPS) is 9.59. The average Bonchev–Trinajstić information content (AvgIpc) is 2.35. The number of carbonyl (C=O) groups excluding carboxylic acids is 2. The van der Waals surface area contributed by atoms with Crippen LogP contribution in [0.2, 0.25) is 0 Å². The van der Waals surface area contributed by atoms with Crippen molar-refractivity contribution < 1.29 is 14.3 Å². The Labute approximate surface area is 99.6 Å². The summed E-state index contributed by atoms with van der Waals surface area (Å²) in [6, 6.07) is 3.21. The Morgan fingerprint density at radius 3 is 2.76 bits per heavy atom. The van der Waals surface area contributed by atoms with E-state index >= 15 is 0 Å². The number of carbonyl (C=O) groups is 2. The highest BCUT2D eigenvalue weighted by molar-refractivity contribution is 5.95. The SMILES string of the molecule is COC(=O)c1cccnc1NCC(=O)N(C)C. The van der Waals surface area contributed by atoms with Gasteiger partial charge in [-0.15, -0.1) is 0 Å². The molecule has 6 heteroatoms. The van der Waals surface area contributed by atoms with Gasteiger partial charge in [0.25, 0.3) is 0 Å². The number of nitrogens with one attached hydrogen (secondary N) is 1. The van der Waals surface area contributed by atoms with E-state index in [2.05, 4.69) is 15.0 Å². The van der Waals surface area contributed by atoms with E-state index < -0.39 is 5.97 Å². The third-order valence-electron chi connectivity index (χ3n) is 2.12. The summed E-state index contributed by atoms with van der Waals surface area (Å²) in [7, 11) is 4.61. The fourth-order valence-corrected chi connectivity index (χ4v) is 1.14. The lowest BCUT2D eigenvalue weighted by Gasteiger charge is -2.12. The Balaban J connectivity index is 2.77. The maximum absolute atomic E-state index is 11.4. The Bertz CT molecular complexity index is 418. The van der Waals surface area contributed by atoms with Crippen LogP contribution in [0.15, 0.2) is 18.3 Å². The minimum absolute atomic E-state index is 0.0774. The summed E-state index contributed by atoms with van der Waals surface area (Å²) in [6.45, 7) is 0.0774. The number of ether oxygens (including phenoxy) is 1. The first kappa shape index (κ1) is 13.0. The first-order valence-electron chi connectivity index (χ1n) is 5.03. The highest BCUT2D eigenvalue weighted by Gasteiger charge is 2.13. The maximum Gasteiger partial charge on any atom is 0.341 e. The summed E-state index contributed by atoms with van der Waals surface area (Å²) in [5, 5.41) is 2.81. The van der Waals surface area contributed by atoms with Crippen LogP contribution in [0.3, 0.4) is 0 Å². The molecule has 0 atom stereocenters. The highest BCUT2D eigenvalue weighted by atomic mass is 16.5. The second-order valence-corrected chi connectivity index (χ2v) is 3.53. The number of amides is 1. The largest absolute Gasteiger partial charge is 0.465 e. The first-order valence-corrected chi connectivity index (χ1v) is 5.03. The number of aromatic nitrogens is 1. The smallest absolute Gasteiger partial charge is 0.341 e. The molecule has 17 heavy (non-hydrogen) atoms. The van der Waals surface area contributed by atoms with Crippen LogP contribution in [0.4, 0.5) is 5.82 Å². The lowest BCUT2D eigenvalue weighted by atomic mass is 10.2. The fourth-order valence-electron chi connectivity index (χ4n) is 1.14. The summed E-state index contributed by atoms with van der Waals surface area (Å²) in [6.07, 6.45) is 1.54. The van der Waals surface area contributed by atoms with Gasteiger partial charge in [0.1, 0.15) is 11.4 Å². The molecule has 0 unspecified atom stereocenters. The molecule has 1 rings (SSSR count). The predicted molar refractivity (Wildman–Crippen MR) is 62.8 cm³/mol. The lowest BCUT2D eigenvalue weighted by molar-refractivity contribution is -0.126. The molecule has 0 aliphatic carbocycles. The van der Waals surface area contributed by atoms with Crippen molar-refractivity contribution >= 4 is 17.7 Å². The molecular weight excluding hydrogens is 222 g/mol. The lowest BCUT2D eigenvalue weighted by Crippen LogP contribution is -2.29. The van der Waals surface area contributed by atoms with Crippen molar-refractivity contribution in [2.75, 3.05) is 33.1 Å². The Kier molecular flexibility index (Phi) is 4.45. The monoisotopic (exact) mass is 237 g/mol. The van der Waals surface area contributed by atoms with Gasteiger partial charge in [0.15, 0.2) is 0 Å². The molecule has 1 amide bonds. The van der Waals surface area contributed by atoms with E-state index in [4.69, 9.17) is 0 Å². The Hall–Kier alpha value is -2.11. The second kappa shape index (κ2) is 5.83. The predicted octanol–water partition coefficient (Wildman–Crippen LogP) is 0.368. The number of esters is 1. The van der Waals surface area contributed by atoms with Crippen LogP contribution in [0, 0.1) is 0 Å². The molecular formula is C11H15N3O3. The number of rotatable bonds is 4. The number of pyridine rings is 1. The van der Waals surface area contributed by atoms with Gasteiger partial charge in [-0.1, -0.05) is 0 Å². The third-order valence-corrected chi connectivity index (χ3v) is 2.12. The van der Waals surface area contributed by atoms with Gasteiger partial charge in [-0.3, -0.25) is 4.79 Å². The quantitative estimate of drug-likeness (QED) is 0.766. The second-order valence-electron chi connectivity index (χ2n) is 3.53. The summed E-state index contributed by atoms with van der Waals surface area (Å²) in [5.41, 5.74) is 0.307. The number of nitrogens with zero attached hydrogens (tertiary/aromatic N) is 2. The van der Waals surface area contributed by atoms with E-state index in [1.54, 1.807) is 26.2 Å². The molecule has 92 valence electrons. The van der Waals surface area contributed by atoms with Gasteiger partial charge < -0.3 is 15.0 Å². The van der Waals surface area contributed by atoms with E-state index in [-0.39, 0.29) is 12.5 Å². The van der Waals surface area contributed by atoms with Gasteiger partial charge >= 0.3 is 5.97 Å². The standard InChI is InChI=1S/C11H15N3O3/c1-14(2)9(15)7-13-10-8(11(16)17-3)5-4-6-12-10/h4-6H,7H2,1-3H3,(H,12,13). The number of hydrogen-bond donors (Lipinski definition) is 1. The molecule has 0 radical (unpaired) electrons. The minimum Gasteiger partial charge on any atom is -0.465 e. The van der Waals surface area contributed by atoms with Crippen LogP contribution >= 0.6 is 0 Å². The molecule has 1 aromatic rings. The van der Waals surface area contributed by atoms with Gasteiger partial charge in [-0.2, -0.15) is 0 Å². The van der Waals surface area contributed by atoms with Crippen LogP contribution < -0.4 is 5.32 Å². The number of anilines is 1. The zero-order valence-electron chi connectivity index (χ0n) is 10.1. The average molecular weight is 237 g/mol. The molecule has 0 saturated carbocycles. The highest BCUT2D eigenvalue weighted by Crippen LogP contribution is 2.12. The molecule has 6 nitrogen and oxygen atoms in total. The summed E-state index contributed by atoms with van der Waals surface area (Å²) in [4.78, 5) is 28.3. The molecule has 0 fully saturated rings. The fraction of sp³-hybridized carbons (Fsp3) is 0.364. The molecule has 0 saturated heterocycles. The number of hydrogen-bond acceptors (Lipinski definition) is 5. The molecule has 1 aromatic heterocycles. The van der Waals surface area contributed by atoms with E-state index in [0.717, 1.165) is 0 Å². The van der Waals surface area contributed by atoms with Crippen LogP contribution in [-0.4, -0.2) is 49.5 Å². The zero-order valence-corrected chi connectivity index (χ0v) is 10.1. The molecule has 0 aliphatic rings. The van der Waals surface area contributed by atoms with Gasteiger partial charge in [0.2, 0.25) is 5.91 Å². The molecule has 0 aromatic carbocycles. The molecule has 1 heterocycles. The summed E-state index contributed by atoms with van der Waals surface area (Å²) >= 11 is 0. The van der Waals surface area contributed by atoms with E-state index in [1.165, 1.54) is 18.2 Å². The van der Waals surface area contributed by atoms with Gasteiger partial charge in [0, 0.05) is 20.3 Å². The van der Waals surface area contributed by atoms with Crippen molar-refractivity contribution in [2.24, 2.45) is 0 Å². The van der Waals surface area contributed by atoms with Crippen molar-refractivity contribution in [3.05, 3.63) is 23.9 Å². The van der Waals surface area contributed by atoms with Crippen molar-refractivity contribution in [3.63, 3.8) is 0 Å². The minimum atomic E-state index is -0.488. The zero-order chi connectivity index (χ0) is 12.8. The number of methoxy groups -OCH3 is 1. The first-order chi connectivity index (χ1) is 8.06. The van der Waals surface area contributed by atoms with Crippen LogP contribution in [-0.2, 0) is 9.53 Å². The van der Waals surface area contributed by atoms with Crippen molar-refractivity contribution in [1.29, 1.82) is 0 Å². The summed E-state index contributed by atoms with van der Waals surface area (Å²) < 4.78 is 4.62. The van der Waals surface area contributed by atoms with Gasteiger partial charge in [-0.05, 0) is 12.1 Å². The maximum atomic E-state index is 11.4. The Morgan fingerprint density at radius 2 is 2.18 bits per heavy atom. The van der Waals surface area contributed by atoms with Crippen molar-refractivity contribution in [3.8, 4) is 0 Å². The van der Waals surface area contributed by atoms with Crippen LogP contribution in [0.1, 0.15) is 10.4 Å². The molecule has 0 aliphatic heterocycles. The van der Waals surface area contributed by atoms with Crippen molar-refractivity contribution in [2.45, 2.75) is 0 Å².